The van der Waals surface area contributed by atoms with E-state index in [1.165, 1.54) is 5.57 Å². The molecule has 0 aromatic carbocycles. The molecule has 8 aliphatic carbocycles. The van der Waals surface area contributed by atoms with Gasteiger partial charge in [0.15, 0.2) is 29.6 Å². The number of hydrogen-bond acceptors (Lipinski definition) is 9. The molecule has 54 heavy (non-hydrogen) atoms. The maximum Gasteiger partial charge on any atom is 0.332 e. The minimum Gasteiger partial charge on any atom is -0.448 e. The van der Waals surface area contributed by atoms with E-state index in [-0.39, 0.29) is 58.5 Å². The first-order valence-corrected chi connectivity index (χ1v) is 20.6. The third-order valence-electron chi connectivity index (χ3n) is 17.6. The summed E-state index contributed by atoms with van der Waals surface area (Å²) in [5.74, 6) is -1.12. The van der Waals surface area contributed by atoms with Gasteiger partial charge in [0.2, 0.25) is 0 Å². The van der Waals surface area contributed by atoms with Crippen molar-refractivity contribution in [3.63, 3.8) is 0 Å². The first kappa shape index (κ1) is 37.7. The van der Waals surface area contributed by atoms with Crippen LogP contribution in [0.2, 0.25) is 0 Å². The van der Waals surface area contributed by atoms with Crippen molar-refractivity contribution in [1.82, 2.24) is 0 Å². The molecule has 14 atom stereocenters. The van der Waals surface area contributed by atoms with E-state index in [0.717, 1.165) is 74.4 Å². The Morgan fingerprint density at radius 3 is 1.59 bits per heavy atom. The Hall–Kier alpha value is -3.17. The summed E-state index contributed by atoms with van der Waals surface area (Å²) in [6, 6.07) is 0. The van der Waals surface area contributed by atoms with Crippen LogP contribution < -0.4 is 0 Å². The molecule has 2 N–H and O–H groups in total. The molecule has 0 heterocycles. The van der Waals surface area contributed by atoms with Gasteiger partial charge >= 0.3 is 11.9 Å². The van der Waals surface area contributed by atoms with Gasteiger partial charge in [-0.1, -0.05) is 57.1 Å². The number of ketones is 1. The zero-order valence-corrected chi connectivity index (χ0v) is 32.4. The Balaban J connectivity index is 0.966. The number of carbonyl (C=O) groups excluding carboxylic acids is 5. The molecule has 2 unspecified atom stereocenters. The average Bonchev–Trinajstić information content (AvgIpc) is 3.57. The van der Waals surface area contributed by atoms with Gasteiger partial charge < -0.3 is 19.7 Å². The van der Waals surface area contributed by atoms with Gasteiger partial charge in [0.05, 0.1) is 12.2 Å². The predicted molar refractivity (Wildman–Crippen MR) is 199 cm³/mol. The van der Waals surface area contributed by atoms with Crippen molar-refractivity contribution in [1.29, 1.82) is 0 Å². The second-order valence-corrected chi connectivity index (χ2v) is 19.6. The van der Waals surface area contributed by atoms with Crippen LogP contribution in [0.25, 0.3) is 0 Å². The quantitative estimate of drug-likeness (QED) is 0.177. The van der Waals surface area contributed by atoms with E-state index in [1.54, 1.807) is 6.08 Å². The Morgan fingerprint density at radius 1 is 0.685 bits per heavy atom. The summed E-state index contributed by atoms with van der Waals surface area (Å²) in [4.78, 5) is 65.2. The van der Waals surface area contributed by atoms with Gasteiger partial charge in [-0.25, -0.2) is 9.59 Å². The Labute approximate surface area is 319 Å². The molecule has 8 rings (SSSR count). The number of aliphatic hydroxyl groups excluding tert-OH is 2. The van der Waals surface area contributed by atoms with Crippen LogP contribution in [0.4, 0.5) is 0 Å². The van der Waals surface area contributed by atoms with E-state index in [0.29, 0.717) is 44.9 Å². The fraction of sp³-hybridized carbons (Fsp3) is 0.711. The molecule has 6 saturated carbocycles. The molecule has 292 valence electrons. The number of allylic oxidation sites excluding steroid dienone is 4. The number of carbonyl (C=O) groups is 5. The second-order valence-electron chi connectivity index (χ2n) is 19.6. The number of hydrogen-bond donors (Lipinski definition) is 2. The number of aliphatic hydroxyl groups is 2. The molecule has 8 aliphatic rings. The van der Waals surface area contributed by atoms with Crippen LogP contribution in [0.1, 0.15) is 118 Å². The van der Waals surface area contributed by atoms with Crippen LogP contribution in [0, 0.1) is 57.2 Å². The Kier molecular flexibility index (Phi) is 8.86. The van der Waals surface area contributed by atoms with E-state index >= 15 is 0 Å². The lowest BCUT2D eigenvalue weighted by molar-refractivity contribution is -0.193. The number of ether oxygens (including phenoxy) is 2. The first-order valence-electron chi connectivity index (χ1n) is 20.6. The van der Waals surface area contributed by atoms with E-state index < -0.39 is 46.2 Å². The van der Waals surface area contributed by atoms with Crippen LogP contribution in [0.3, 0.4) is 0 Å². The molecule has 0 radical (unpaired) electrons. The lowest BCUT2D eigenvalue weighted by Gasteiger charge is -2.60. The van der Waals surface area contributed by atoms with Gasteiger partial charge in [0.25, 0.3) is 0 Å². The van der Waals surface area contributed by atoms with Gasteiger partial charge in [-0.2, -0.15) is 0 Å². The second kappa shape index (κ2) is 12.7. The fourth-order valence-electron chi connectivity index (χ4n) is 14.8. The molecule has 0 bridgehead atoms. The highest BCUT2D eigenvalue weighted by molar-refractivity contribution is 5.94. The third-order valence-corrected chi connectivity index (χ3v) is 17.6. The van der Waals surface area contributed by atoms with Crippen molar-refractivity contribution in [2.24, 2.45) is 57.2 Å². The minimum absolute atomic E-state index is 0.0368. The summed E-state index contributed by atoms with van der Waals surface area (Å²) >= 11 is 0. The van der Waals surface area contributed by atoms with Crippen LogP contribution in [-0.4, -0.2) is 63.9 Å². The van der Waals surface area contributed by atoms with Crippen LogP contribution in [-0.2, 0) is 33.4 Å². The highest BCUT2D eigenvalue weighted by Gasteiger charge is 2.70. The Morgan fingerprint density at radius 2 is 1.13 bits per heavy atom. The monoisotopic (exact) mass is 742 g/mol. The zero-order chi connectivity index (χ0) is 38.6. The lowest BCUT2D eigenvalue weighted by atomic mass is 9.45. The van der Waals surface area contributed by atoms with Crippen molar-refractivity contribution in [2.75, 3.05) is 0 Å². The molecule has 0 amide bonds. The van der Waals surface area contributed by atoms with Gasteiger partial charge in [-0.3, -0.25) is 14.4 Å². The molecule has 0 aliphatic heterocycles. The number of aldehydes is 2. The van der Waals surface area contributed by atoms with E-state index in [2.05, 4.69) is 26.5 Å². The molecule has 6 fully saturated rings. The molecule has 0 aromatic heterocycles. The van der Waals surface area contributed by atoms with Crippen molar-refractivity contribution in [3.8, 4) is 0 Å². The van der Waals surface area contributed by atoms with E-state index in [1.807, 2.05) is 13.8 Å². The summed E-state index contributed by atoms with van der Waals surface area (Å²) in [6.07, 6.45) is 15.1. The first-order chi connectivity index (χ1) is 25.5. The largest absolute Gasteiger partial charge is 0.448 e. The van der Waals surface area contributed by atoms with Crippen molar-refractivity contribution >= 4 is 30.3 Å². The van der Waals surface area contributed by atoms with E-state index in [4.69, 9.17) is 9.47 Å². The molecular formula is C45H58O9. The highest BCUT2D eigenvalue weighted by Crippen LogP contribution is 2.69. The summed E-state index contributed by atoms with van der Waals surface area (Å²) in [5.41, 5.74) is -1.29. The maximum absolute atomic E-state index is 13.5. The van der Waals surface area contributed by atoms with Crippen LogP contribution in [0.15, 0.2) is 47.6 Å². The van der Waals surface area contributed by atoms with Crippen LogP contribution in [0.5, 0.6) is 0 Å². The molecule has 0 aromatic rings. The van der Waals surface area contributed by atoms with Crippen molar-refractivity contribution < 1.29 is 43.7 Å². The normalized spacial score (nSPS) is 49.2. The number of esters is 2. The van der Waals surface area contributed by atoms with Gasteiger partial charge in [0.1, 0.15) is 0 Å². The zero-order valence-electron chi connectivity index (χ0n) is 32.4. The highest BCUT2D eigenvalue weighted by atomic mass is 16.6. The van der Waals surface area contributed by atoms with Crippen molar-refractivity contribution in [2.45, 2.75) is 141 Å². The molecule has 9 heteroatoms. The standard InChI is InChI=1S/C45H58O9/c1-26-12-16-40(2)27(20-26)6-8-30-32-14-18-44(24-46,42(32,4)22-34(49)38(30)40)53-36(51)10-11-37(52)54-45(25-47)19-15-33-31-9-7-28-21-29(48)13-17-41(28,3)39(31)35(50)23-43(33,45)5/h10-11,20-21,24-25,30-35,38-39,49-50H,1,6-9,12-19,22-23H2,2-5H3/b11-10-/t30?,31?,32-,33-,34-,35-,38+,39+,40-,41-,42-,43-,44-,45-/m0/s1. The Bertz CT molecular complexity index is 1650. The van der Waals surface area contributed by atoms with Crippen LogP contribution >= 0.6 is 0 Å². The average molecular weight is 743 g/mol. The SMILES string of the molecule is C=C1C=C2CCC3[C@H]([C@@H](O)C[C@@]4(C)[C@H]3CC[C@@]4(C=O)OC(=O)/C=C\C(=O)O[C@]3(C=O)CC[C@H]4C5CCC6=CC(=O)CC[C@]6(C)[C@H]5[C@@H](O)C[C@@]43C)[C@@]2(C)CC1. The summed E-state index contributed by atoms with van der Waals surface area (Å²) in [7, 11) is 0. The molecular weight excluding hydrogens is 684 g/mol. The summed E-state index contributed by atoms with van der Waals surface area (Å²) < 4.78 is 12.1. The predicted octanol–water partition coefficient (Wildman–Crippen LogP) is 6.50. The molecule has 0 saturated heterocycles. The summed E-state index contributed by atoms with van der Waals surface area (Å²) in [5, 5.41) is 23.6. The van der Waals surface area contributed by atoms with Gasteiger partial charge in [-0.15, -0.1) is 0 Å². The van der Waals surface area contributed by atoms with Gasteiger partial charge in [0, 0.05) is 29.4 Å². The lowest BCUT2D eigenvalue weighted by Crippen LogP contribution is -2.61. The topological polar surface area (TPSA) is 144 Å². The molecule has 9 nitrogen and oxygen atoms in total. The smallest absolute Gasteiger partial charge is 0.332 e. The third kappa shape index (κ3) is 5.11. The number of rotatable bonds is 6. The van der Waals surface area contributed by atoms with E-state index in [9.17, 15) is 34.2 Å². The minimum atomic E-state index is -1.48. The van der Waals surface area contributed by atoms with Gasteiger partial charge in [-0.05, 0) is 136 Å². The number of fused-ring (bicyclic) bond motifs is 10. The fourth-order valence-corrected chi connectivity index (χ4v) is 14.8. The molecule has 0 spiro atoms. The summed E-state index contributed by atoms with van der Waals surface area (Å²) in [6.45, 7) is 12.6. The maximum atomic E-state index is 13.5. The van der Waals surface area contributed by atoms with Crippen molar-refractivity contribution in [3.05, 3.63) is 47.6 Å².